The molecule has 96 heavy (non-hydrogen) atoms. The largest absolute Gasteiger partial charge is 0.381 e. The molecule has 0 spiro atoms. The van der Waals surface area contributed by atoms with Gasteiger partial charge in [0.2, 0.25) is 0 Å². The van der Waals surface area contributed by atoms with E-state index in [0.29, 0.717) is 43.3 Å². The van der Waals surface area contributed by atoms with Crippen molar-refractivity contribution in [3.05, 3.63) is 0 Å². The van der Waals surface area contributed by atoms with Crippen molar-refractivity contribution >= 4 is 0 Å². The fourth-order valence-electron chi connectivity index (χ4n) is 20.7. The smallest absolute Gasteiger partial charge is 0.0524 e. The maximum absolute atomic E-state index is 5.76. The predicted octanol–water partition coefficient (Wildman–Crippen LogP) is 25.2. The number of fused-ring (bicyclic) bond motifs is 2. The molecule has 8 heteroatoms. The van der Waals surface area contributed by atoms with E-state index in [1.54, 1.807) is 6.42 Å². The van der Waals surface area contributed by atoms with Gasteiger partial charge in [0.05, 0.1) is 52.9 Å². The molecule has 12 aliphatic rings. The monoisotopic (exact) mass is 1360 g/mol. The molecule has 0 radical (unpaired) electrons. The maximum atomic E-state index is 5.76. The van der Waals surface area contributed by atoms with Crippen LogP contribution < -0.4 is 0 Å². The van der Waals surface area contributed by atoms with Crippen LogP contribution >= 0.6 is 0 Å². The van der Waals surface area contributed by atoms with Crippen LogP contribution in [-0.4, -0.2) is 106 Å². The van der Waals surface area contributed by atoms with Gasteiger partial charge < -0.3 is 37.9 Å². The van der Waals surface area contributed by atoms with E-state index in [4.69, 9.17) is 37.9 Å². The first-order valence-electron chi connectivity index (χ1n) is 42.7. The van der Waals surface area contributed by atoms with Crippen LogP contribution in [0.3, 0.4) is 0 Å². The SMILES string of the molecule is CCOCC1(C(C)C)CCCC1.CCOCC1(C(C)C)CCCCC1.CCOCC1(C)C2CC3CC(C2)CC1C3.CCOCC1(C)CC2CCC1C2.CCOCC1(C)CCCC1.CCOCC1(C)CCCCC1.CCOCC1(CC)CCCC1.CCOCC1(CC)CCCCC1. The van der Waals surface area contributed by atoms with E-state index in [9.17, 15) is 0 Å². The lowest BCUT2D eigenvalue weighted by atomic mass is 9.46. The summed E-state index contributed by atoms with van der Waals surface area (Å²) >= 11 is 0. The Morgan fingerprint density at radius 3 is 0.906 bits per heavy atom. The quantitative estimate of drug-likeness (QED) is 0.0767. The Hall–Kier alpha value is -0.320. The first-order chi connectivity index (χ1) is 46.1. The van der Waals surface area contributed by atoms with Gasteiger partial charge in [0.1, 0.15) is 0 Å². The molecule has 12 aliphatic carbocycles. The summed E-state index contributed by atoms with van der Waals surface area (Å²) in [4.78, 5) is 0. The van der Waals surface area contributed by atoms with Crippen LogP contribution in [0.2, 0.25) is 0 Å². The Morgan fingerprint density at radius 1 is 0.281 bits per heavy atom. The maximum Gasteiger partial charge on any atom is 0.0524 e. The summed E-state index contributed by atoms with van der Waals surface area (Å²) in [5.41, 5.74) is 4.25. The van der Waals surface area contributed by atoms with E-state index in [2.05, 4.69) is 125 Å². The van der Waals surface area contributed by atoms with Gasteiger partial charge in [-0.2, -0.15) is 0 Å². The number of rotatable bonds is 28. The van der Waals surface area contributed by atoms with Crippen molar-refractivity contribution in [2.24, 2.45) is 90.7 Å². The standard InChI is InChI=1S/C14H24O.C12H24O.C11H20O.2C11H22O.2C10H20O.C9H18O/c1-3-15-9-14(2)12-5-10-4-11(7-12)8-13(14)6-10;1-4-13-10-12(11(2)3)8-6-5-7-9-12;1-3-12-8-11(2)7-9-4-5-10(11)6-9;1-4-12-9-11(10(2)3)7-5-6-8-11;1-3-11(10-12-4-2)8-6-5-7-9-11;1-3-11-9-10(2)7-5-4-6-8-10;1-3-10(9-11-4-2)7-5-6-8-10;1-3-10-8-9(2)6-4-5-7-9/h10-13H,3-9H2,1-2H3;11H,4-10H2,1-3H3;9-10H,3-8H2,1-2H3;10H,4-9H2,1-3H3;3-10H2,1-2H3;2*3-9H2,1-2H3;3-8H2,1-2H3. The highest BCUT2D eigenvalue weighted by Crippen LogP contribution is 2.62. The van der Waals surface area contributed by atoms with Gasteiger partial charge in [-0.05, 0) is 287 Å². The third-order valence-corrected chi connectivity index (χ3v) is 28.1. The van der Waals surface area contributed by atoms with Gasteiger partial charge in [0.15, 0.2) is 0 Å². The molecule has 12 rings (SSSR count). The van der Waals surface area contributed by atoms with Crippen LogP contribution in [0.15, 0.2) is 0 Å². The number of hydrogen-bond acceptors (Lipinski definition) is 8. The van der Waals surface area contributed by atoms with Crippen molar-refractivity contribution in [2.45, 2.75) is 369 Å². The highest BCUT2D eigenvalue weighted by molar-refractivity contribution is 5.04. The molecular formula is C88H170O8. The van der Waals surface area contributed by atoms with Gasteiger partial charge in [-0.1, -0.05) is 172 Å². The van der Waals surface area contributed by atoms with Crippen molar-refractivity contribution in [3.63, 3.8) is 0 Å². The van der Waals surface area contributed by atoms with Gasteiger partial charge in [0.25, 0.3) is 0 Å². The minimum atomic E-state index is 0.508. The van der Waals surface area contributed by atoms with Crippen molar-refractivity contribution in [1.29, 1.82) is 0 Å². The molecule has 0 aromatic heterocycles. The number of ether oxygens (including phenoxy) is 8. The molecule has 0 N–H and O–H groups in total. The van der Waals surface area contributed by atoms with Crippen molar-refractivity contribution in [2.75, 3.05) is 106 Å². The molecule has 570 valence electrons. The molecule has 12 fully saturated rings. The Morgan fingerprint density at radius 2 is 0.573 bits per heavy atom. The Kier molecular flexibility index (Phi) is 42.7. The Bertz CT molecular complexity index is 1840. The van der Waals surface area contributed by atoms with Crippen molar-refractivity contribution in [1.82, 2.24) is 0 Å². The van der Waals surface area contributed by atoms with E-state index in [1.165, 1.54) is 238 Å². The zero-order valence-corrected chi connectivity index (χ0v) is 68.1. The molecule has 6 bridgehead atoms. The fourth-order valence-corrected chi connectivity index (χ4v) is 20.7. The summed E-state index contributed by atoms with van der Waals surface area (Å²) in [5.74, 6) is 7.73. The molecule has 0 amide bonds. The summed E-state index contributed by atoms with van der Waals surface area (Å²) < 4.78 is 44.5. The van der Waals surface area contributed by atoms with Crippen LogP contribution in [0.1, 0.15) is 369 Å². The fraction of sp³-hybridized carbons (Fsp3) is 1.00. The molecular weight excluding hydrogens is 1180 g/mol. The summed E-state index contributed by atoms with van der Waals surface area (Å²) in [7, 11) is 0. The molecule has 8 nitrogen and oxygen atoms in total. The van der Waals surface area contributed by atoms with Gasteiger partial charge >= 0.3 is 0 Å². The highest BCUT2D eigenvalue weighted by Gasteiger charge is 2.55. The average molecular weight is 1360 g/mol. The molecule has 0 saturated heterocycles. The Labute approximate surface area is 599 Å². The third-order valence-electron chi connectivity index (χ3n) is 28.1. The van der Waals surface area contributed by atoms with E-state index in [-0.39, 0.29) is 0 Å². The minimum Gasteiger partial charge on any atom is -0.381 e. The normalized spacial score (nSPS) is 30.1. The summed E-state index contributed by atoms with van der Waals surface area (Å²) in [5, 5.41) is 0. The Balaban J connectivity index is 0.000000234. The molecule has 0 heterocycles. The van der Waals surface area contributed by atoms with Crippen molar-refractivity contribution in [3.8, 4) is 0 Å². The van der Waals surface area contributed by atoms with Crippen LogP contribution in [0.4, 0.5) is 0 Å². The first kappa shape index (κ1) is 88.1. The lowest BCUT2D eigenvalue weighted by Gasteiger charge is -2.60. The summed E-state index contributed by atoms with van der Waals surface area (Å²) in [6, 6.07) is 0. The summed E-state index contributed by atoms with van der Waals surface area (Å²) in [6.07, 6.45) is 53.9. The second kappa shape index (κ2) is 46.5. The number of hydrogen-bond donors (Lipinski definition) is 0. The van der Waals surface area contributed by atoms with E-state index < -0.39 is 0 Å². The highest BCUT2D eigenvalue weighted by atomic mass is 16.5. The van der Waals surface area contributed by atoms with Crippen LogP contribution in [0, 0.1) is 90.7 Å². The average Bonchev–Trinajstić information content (AvgIpc) is 0.878. The van der Waals surface area contributed by atoms with Crippen molar-refractivity contribution < 1.29 is 37.9 Å². The van der Waals surface area contributed by atoms with Gasteiger partial charge in [-0.25, -0.2) is 0 Å². The van der Waals surface area contributed by atoms with E-state index in [1.807, 2.05) is 0 Å². The lowest BCUT2D eigenvalue weighted by Crippen LogP contribution is -2.53. The van der Waals surface area contributed by atoms with Crippen LogP contribution in [0.25, 0.3) is 0 Å². The second-order valence-electron chi connectivity index (χ2n) is 35.8. The summed E-state index contributed by atoms with van der Waals surface area (Å²) in [6.45, 7) is 55.3. The molecule has 12 saturated carbocycles. The van der Waals surface area contributed by atoms with E-state index >= 15 is 0 Å². The second-order valence-corrected chi connectivity index (χ2v) is 35.8. The molecule has 0 aromatic rings. The van der Waals surface area contributed by atoms with Crippen LogP contribution in [0.5, 0.6) is 0 Å². The van der Waals surface area contributed by atoms with Gasteiger partial charge in [0, 0.05) is 52.9 Å². The third kappa shape index (κ3) is 29.0. The minimum absolute atomic E-state index is 0.508. The zero-order valence-electron chi connectivity index (χ0n) is 68.1. The lowest BCUT2D eigenvalue weighted by molar-refractivity contribution is -0.132. The first-order valence-corrected chi connectivity index (χ1v) is 42.7. The molecule has 3 atom stereocenters. The molecule has 0 aromatic carbocycles. The van der Waals surface area contributed by atoms with Crippen LogP contribution in [-0.2, 0) is 37.9 Å². The van der Waals surface area contributed by atoms with E-state index in [0.717, 1.165) is 153 Å². The molecule has 0 aliphatic heterocycles. The zero-order chi connectivity index (χ0) is 70.5. The molecule has 3 unspecified atom stereocenters. The topological polar surface area (TPSA) is 73.8 Å². The van der Waals surface area contributed by atoms with Gasteiger partial charge in [-0.3, -0.25) is 0 Å². The predicted molar refractivity (Wildman–Crippen MR) is 412 cm³/mol. The van der Waals surface area contributed by atoms with Gasteiger partial charge in [-0.15, -0.1) is 0 Å².